The van der Waals surface area contributed by atoms with E-state index in [4.69, 9.17) is 4.74 Å². The molecule has 0 aliphatic rings. The molecule has 1 heterocycles. The molecule has 0 spiro atoms. The minimum absolute atomic E-state index is 0.0250. The standard InChI is InChI=1S/C18H23FN2O2S/c1-13(18(22)20-9-8-15-5-4-10-24-15)21(2)12-14-6-7-17(23-3)16(19)11-14/h4-7,10-11,13H,8-9,12H2,1-3H3,(H,20,22). The van der Waals surface area contributed by atoms with Crippen LogP contribution in [0.25, 0.3) is 0 Å². The van der Waals surface area contributed by atoms with E-state index in [1.54, 1.807) is 23.5 Å². The Morgan fingerprint density at radius 1 is 1.42 bits per heavy atom. The number of benzene rings is 1. The molecular formula is C18H23FN2O2S. The van der Waals surface area contributed by atoms with Gasteiger partial charge in [0.1, 0.15) is 0 Å². The second-order valence-electron chi connectivity index (χ2n) is 5.68. The molecule has 130 valence electrons. The first kappa shape index (κ1) is 18.4. The summed E-state index contributed by atoms with van der Waals surface area (Å²) in [6.07, 6.45) is 0.837. The topological polar surface area (TPSA) is 41.6 Å². The Morgan fingerprint density at radius 3 is 2.83 bits per heavy atom. The number of carbonyl (C=O) groups excluding carboxylic acids is 1. The van der Waals surface area contributed by atoms with Crippen molar-refractivity contribution in [3.05, 3.63) is 52.0 Å². The number of thiophene rings is 1. The summed E-state index contributed by atoms with van der Waals surface area (Å²) in [7, 11) is 3.29. The first-order valence-electron chi connectivity index (χ1n) is 7.84. The van der Waals surface area contributed by atoms with E-state index in [9.17, 15) is 9.18 Å². The van der Waals surface area contributed by atoms with Gasteiger partial charge in [0.15, 0.2) is 11.6 Å². The lowest BCUT2D eigenvalue weighted by atomic mass is 10.1. The van der Waals surface area contributed by atoms with Crippen LogP contribution in [0.2, 0.25) is 0 Å². The van der Waals surface area contributed by atoms with Crippen molar-refractivity contribution >= 4 is 17.2 Å². The Morgan fingerprint density at radius 2 is 2.21 bits per heavy atom. The van der Waals surface area contributed by atoms with Crippen LogP contribution in [0.1, 0.15) is 17.4 Å². The van der Waals surface area contributed by atoms with Gasteiger partial charge in [-0.1, -0.05) is 12.1 Å². The highest BCUT2D eigenvalue weighted by molar-refractivity contribution is 7.09. The first-order valence-corrected chi connectivity index (χ1v) is 8.72. The molecule has 0 saturated carbocycles. The lowest BCUT2D eigenvalue weighted by Crippen LogP contribution is -2.43. The number of hydrogen-bond donors (Lipinski definition) is 1. The zero-order chi connectivity index (χ0) is 17.5. The molecule has 1 unspecified atom stereocenters. The molecule has 1 N–H and O–H groups in total. The minimum atomic E-state index is -0.392. The fourth-order valence-corrected chi connectivity index (χ4v) is 3.05. The summed E-state index contributed by atoms with van der Waals surface area (Å²) in [6, 6.07) is 8.62. The maximum Gasteiger partial charge on any atom is 0.237 e. The SMILES string of the molecule is COc1ccc(CN(C)C(C)C(=O)NCCc2cccs2)cc1F. The smallest absolute Gasteiger partial charge is 0.237 e. The monoisotopic (exact) mass is 350 g/mol. The predicted octanol–water partition coefficient (Wildman–Crippen LogP) is 3.08. The highest BCUT2D eigenvalue weighted by Gasteiger charge is 2.18. The number of amides is 1. The number of carbonyl (C=O) groups is 1. The Hall–Kier alpha value is -1.92. The van der Waals surface area contributed by atoms with Crippen molar-refractivity contribution in [2.45, 2.75) is 25.9 Å². The zero-order valence-corrected chi connectivity index (χ0v) is 15.0. The van der Waals surface area contributed by atoms with Gasteiger partial charge in [0.25, 0.3) is 0 Å². The Kier molecular flexibility index (Phi) is 6.75. The van der Waals surface area contributed by atoms with Gasteiger partial charge in [-0.15, -0.1) is 11.3 Å². The summed E-state index contributed by atoms with van der Waals surface area (Å²) in [6.45, 7) is 2.95. The van der Waals surface area contributed by atoms with Crippen molar-refractivity contribution < 1.29 is 13.9 Å². The van der Waals surface area contributed by atoms with Crippen molar-refractivity contribution in [1.29, 1.82) is 0 Å². The summed E-state index contributed by atoms with van der Waals surface area (Å²) in [5.74, 6) is -0.194. The van der Waals surface area contributed by atoms with Crippen molar-refractivity contribution in [2.75, 3.05) is 20.7 Å². The molecule has 0 aliphatic carbocycles. The average Bonchev–Trinajstić information content (AvgIpc) is 3.07. The van der Waals surface area contributed by atoms with Crippen LogP contribution in [-0.4, -0.2) is 37.6 Å². The van der Waals surface area contributed by atoms with Crippen molar-refractivity contribution in [3.8, 4) is 5.75 Å². The molecule has 1 aromatic carbocycles. The fraction of sp³-hybridized carbons (Fsp3) is 0.389. The van der Waals surface area contributed by atoms with E-state index < -0.39 is 5.82 Å². The highest BCUT2D eigenvalue weighted by Crippen LogP contribution is 2.19. The third kappa shape index (κ3) is 5.04. The quantitative estimate of drug-likeness (QED) is 0.795. The molecule has 6 heteroatoms. The van der Waals surface area contributed by atoms with E-state index in [0.717, 1.165) is 12.0 Å². The second-order valence-corrected chi connectivity index (χ2v) is 6.71. The number of methoxy groups -OCH3 is 1. The maximum atomic E-state index is 13.7. The zero-order valence-electron chi connectivity index (χ0n) is 14.2. The van der Waals surface area contributed by atoms with E-state index in [2.05, 4.69) is 11.4 Å². The highest BCUT2D eigenvalue weighted by atomic mass is 32.1. The molecule has 24 heavy (non-hydrogen) atoms. The molecule has 1 amide bonds. The van der Waals surface area contributed by atoms with Gasteiger partial charge in [0.05, 0.1) is 13.2 Å². The van der Waals surface area contributed by atoms with Crippen LogP contribution in [-0.2, 0) is 17.8 Å². The summed E-state index contributed by atoms with van der Waals surface area (Å²) in [5, 5.41) is 4.98. The van der Waals surface area contributed by atoms with Gasteiger partial charge < -0.3 is 10.1 Å². The molecule has 1 aromatic heterocycles. The van der Waals surface area contributed by atoms with Crippen LogP contribution < -0.4 is 10.1 Å². The molecule has 0 aliphatic heterocycles. The van der Waals surface area contributed by atoms with Gasteiger partial charge in [0, 0.05) is 18.0 Å². The lowest BCUT2D eigenvalue weighted by molar-refractivity contribution is -0.125. The number of likely N-dealkylation sites (N-methyl/N-ethyl adjacent to an activating group) is 1. The fourth-order valence-electron chi connectivity index (χ4n) is 2.34. The van der Waals surface area contributed by atoms with Gasteiger partial charge in [-0.25, -0.2) is 4.39 Å². The first-order chi connectivity index (χ1) is 11.5. The summed E-state index contributed by atoms with van der Waals surface area (Å²) < 4.78 is 18.7. The molecule has 0 radical (unpaired) electrons. The summed E-state index contributed by atoms with van der Waals surface area (Å²) in [4.78, 5) is 15.4. The number of nitrogens with one attached hydrogen (secondary N) is 1. The summed E-state index contributed by atoms with van der Waals surface area (Å²) in [5.41, 5.74) is 0.800. The van der Waals surface area contributed by atoms with Crippen molar-refractivity contribution in [2.24, 2.45) is 0 Å². The molecule has 2 rings (SSSR count). The number of nitrogens with zero attached hydrogens (tertiary/aromatic N) is 1. The van der Waals surface area contributed by atoms with Crippen molar-refractivity contribution in [1.82, 2.24) is 10.2 Å². The van der Waals surface area contributed by atoms with Crippen LogP contribution in [0.3, 0.4) is 0 Å². The van der Waals surface area contributed by atoms with Gasteiger partial charge in [0.2, 0.25) is 5.91 Å². The number of ether oxygens (including phenoxy) is 1. The number of rotatable bonds is 8. The largest absolute Gasteiger partial charge is 0.494 e. The maximum absolute atomic E-state index is 13.7. The van der Waals surface area contributed by atoms with Crippen molar-refractivity contribution in [3.63, 3.8) is 0 Å². The van der Waals surface area contributed by atoms with Crippen LogP contribution >= 0.6 is 11.3 Å². The van der Waals surface area contributed by atoms with Crippen LogP contribution in [0, 0.1) is 5.82 Å². The van der Waals surface area contributed by atoms with Crippen LogP contribution in [0.4, 0.5) is 4.39 Å². The van der Waals surface area contributed by atoms with Crippen LogP contribution in [0.5, 0.6) is 5.75 Å². The number of hydrogen-bond acceptors (Lipinski definition) is 4. The molecule has 4 nitrogen and oxygen atoms in total. The van der Waals surface area contributed by atoms with E-state index in [-0.39, 0.29) is 17.7 Å². The van der Waals surface area contributed by atoms with E-state index >= 15 is 0 Å². The average molecular weight is 350 g/mol. The molecular weight excluding hydrogens is 327 g/mol. The van der Waals surface area contributed by atoms with Crippen LogP contribution in [0.15, 0.2) is 35.7 Å². The van der Waals surface area contributed by atoms with Gasteiger partial charge >= 0.3 is 0 Å². The van der Waals surface area contributed by atoms with Gasteiger partial charge in [-0.3, -0.25) is 9.69 Å². The number of halogens is 1. The Labute approximate surface area is 146 Å². The van der Waals surface area contributed by atoms with Gasteiger partial charge in [-0.2, -0.15) is 0 Å². The normalized spacial score (nSPS) is 12.2. The van der Waals surface area contributed by atoms with E-state index in [1.807, 2.05) is 30.3 Å². The molecule has 0 bridgehead atoms. The molecule has 2 aromatic rings. The lowest BCUT2D eigenvalue weighted by Gasteiger charge is -2.24. The Bertz CT molecular complexity index is 661. The minimum Gasteiger partial charge on any atom is -0.494 e. The molecule has 0 fully saturated rings. The molecule has 0 saturated heterocycles. The third-order valence-corrected chi connectivity index (χ3v) is 4.88. The van der Waals surface area contributed by atoms with Gasteiger partial charge in [-0.05, 0) is 49.5 Å². The molecule has 1 atom stereocenters. The Balaban J connectivity index is 1.83. The summed E-state index contributed by atoms with van der Waals surface area (Å²) >= 11 is 1.69. The predicted molar refractivity (Wildman–Crippen MR) is 94.9 cm³/mol. The second kappa shape index (κ2) is 8.80. The third-order valence-electron chi connectivity index (χ3n) is 3.94. The van der Waals surface area contributed by atoms with E-state index in [1.165, 1.54) is 18.1 Å². The van der Waals surface area contributed by atoms with E-state index in [0.29, 0.717) is 13.1 Å².